The SMILES string of the molecule is Cc1ccc(C(=O)N2CCC[C@H](C)C2)cc1S(=O)(=O)Nc1ccccc1. The second kappa shape index (κ2) is 7.50. The number of amides is 1. The Morgan fingerprint density at radius 1 is 1.15 bits per heavy atom. The molecule has 0 spiro atoms. The van der Waals surface area contributed by atoms with Crippen molar-refractivity contribution in [2.75, 3.05) is 17.8 Å². The monoisotopic (exact) mass is 372 g/mol. The molecule has 1 aliphatic heterocycles. The summed E-state index contributed by atoms with van der Waals surface area (Å²) in [5.74, 6) is 0.369. The summed E-state index contributed by atoms with van der Waals surface area (Å²) < 4.78 is 28.2. The molecule has 2 aromatic rings. The van der Waals surface area contributed by atoms with E-state index >= 15 is 0 Å². The predicted molar refractivity (Wildman–Crippen MR) is 103 cm³/mol. The van der Waals surface area contributed by atoms with E-state index in [9.17, 15) is 13.2 Å². The third kappa shape index (κ3) is 4.07. The van der Waals surface area contributed by atoms with E-state index in [-0.39, 0.29) is 10.8 Å². The van der Waals surface area contributed by atoms with Crippen molar-refractivity contribution in [1.82, 2.24) is 4.90 Å². The normalized spacial score (nSPS) is 17.8. The van der Waals surface area contributed by atoms with Gasteiger partial charge in [-0.1, -0.05) is 31.2 Å². The minimum atomic E-state index is -3.76. The minimum absolute atomic E-state index is 0.104. The molecule has 6 heteroatoms. The molecule has 0 bridgehead atoms. The van der Waals surface area contributed by atoms with Gasteiger partial charge in [0.2, 0.25) is 0 Å². The summed E-state index contributed by atoms with van der Waals surface area (Å²) in [5, 5.41) is 0. The largest absolute Gasteiger partial charge is 0.338 e. The van der Waals surface area contributed by atoms with Crippen LogP contribution in [0.1, 0.15) is 35.7 Å². The topological polar surface area (TPSA) is 66.5 Å². The van der Waals surface area contributed by atoms with E-state index < -0.39 is 10.0 Å². The number of sulfonamides is 1. The third-order valence-corrected chi connectivity index (χ3v) is 6.22. The lowest BCUT2D eigenvalue weighted by atomic mass is 9.99. The maximum Gasteiger partial charge on any atom is 0.262 e. The van der Waals surface area contributed by atoms with E-state index in [1.165, 1.54) is 6.07 Å². The summed E-state index contributed by atoms with van der Waals surface area (Å²) in [7, 11) is -3.76. The molecular formula is C20H24N2O3S. The number of hydrogen-bond donors (Lipinski definition) is 1. The van der Waals surface area contributed by atoms with Gasteiger partial charge in [-0.3, -0.25) is 9.52 Å². The highest BCUT2D eigenvalue weighted by atomic mass is 32.2. The van der Waals surface area contributed by atoms with Crippen LogP contribution in [0.5, 0.6) is 0 Å². The summed E-state index contributed by atoms with van der Waals surface area (Å²) in [4.78, 5) is 14.8. The number of aryl methyl sites for hydroxylation is 1. The fourth-order valence-electron chi connectivity index (χ4n) is 3.30. The van der Waals surface area contributed by atoms with Crippen LogP contribution in [0, 0.1) is 12.8 Å². The van der Waals surface area contributed by atoms with Crippen molar-refractivity contribution in [2.45, 2.75) is 31.6 Å². The zero-order valence-electron chi connectivity index (χ0n) is 15.1. The van der Waals surface area contributed by atoms with E-state index in [0.29, 0.717) is 22.7 Å². The number of nitrogens with one attached hydrogen (secondary N) is 1. The van der Waals surface area contributed by atoms with Gasteiger partial charge >= 0.3 is 0 Å². The molecule has 1 amide bonds. The van der Waals surface area contributed by atoms with Crippen molar-refractivity contribution in [1.29, 1.82) is 0 Å². The zero-order valence-corrected chi connectivity index (χ0v) is 15.9. The van der Waals surface area contributed by atoms with Gasteiger partial charge in [-0.05, 0) is 55.5 Å². The summed E-state index contributed by atoms with van der Waals surface area (Å²) in [6, 6.07) is 13.6. The summed E-state index contributed by atoms with van der Waals surface area (Å²) in [6.07, 6.45) is 2.11. The number of benzene rings is 2. The van der Waals surface area contributed by atoms with Crippen LogP contribution >= 0.6 is 0 Å². The molecule has 0 aliphatic carbocycles. The number of carbonyl (C=O) groups excluding carboxylic acids is 1. The predicted octanol–water partition coefficient (Wildman–Crippen LogP) is 3.67. The van der Waals surface area contributed by atoms with Gasteiger partial charge in [0.15, 0.2) is 0 Å². The molecule has 138 valence electrons. The standard InChI is InChI=1S/C20H24N2O3S/c1-15-7-6-12-22(14-15)20(23)17-11-10-16(2)19(13-17)26(24,25)21-18-8-4-3-5-9-18/h3-5,8-11,13,15,21H,6-7,12,14H2,1-2H3/t15-/m0/s1. The Morgan fingerprint density at radius 2 is 1.88 bits per heavy atom. The minimum Gasteiger partial charge on any atom is -0.338 e. The molecule has 0 unspecified atom stereocenters. The molecule has 3 rings (SSSR count). The van der Waals surface area contributed by atoms with Crippen LogP contribution in [-0.4, -0.2) is 32.3 Å². The second-order valence-electron chi connectivity index (χ2n) is 6.95. The van der Waals surface area contributed by atoms with Gasteiger partial charge in [0, 0.05) is 24.3 Å². The van der Waals surface area contributed by atoms with E-state index in [1.807, 2.05) is 11.0 Å². The number of piperidine rings is 1. The van der Waals surface area contributed by atoms with Crippen molar-refractivity contribution in [3.63, 3.8) is 0 Å². The van der Waals surface area contributed by atoms with Crippen LogP contribution < -0.4 is 4.72 Å². The second-order valence-corrected chi connectivity index (χ2v) is 8.60. The fourth-order valence-corrected chi connectivity index (χ4v) is 4.63. The molecule has 2 aromatic carbocycles. The van der Waals surface area contributed by atoms with Crippen LogP contribution in [-0.2, 0) is 10.0 Å². The first-order valence-corrected chi connectivity index (χ1v) is 10.3. The number of rotatable bonds is 4. The molecule has 1 N–H and O–H groups in total. The van der Waals surface area contributed by atoms with Gasteiger partial charge in [0.25, 0.3) is 15.9 Å². The summed E-state index contributed by atoms with van der Waals surface area (Å²) in [5.41, 5.74) is 1.52. The van der Waals surface area contributed by atoms with Crippen molar-refractivity contribution in [2.24, 2.45) is 5.92 Å². The third-order valence-electron chi connectivity index (χ3n) is 4.69. The molecule has 26 heavy (non-hydrogen) atoms. The van der Waals surface area contributed by atoms with E-state index in [4.69, 9.17) is 0 Å². The molecule has 1 heterocycles. The van der Waals surface area contributed by atoms with Gasteiger partial charge in [-0.15, -0.1) is 0 Å². The molecule has 1 atom stereocenters. The molecule has 0 aromatic heterocycles. The molecular weight excluding hydrogens is 348 g/mol. The molecule has 5 nitrogen and oxygen atoms in total. The molecule has 1 aliphatic rings. The number of carbonyl (C=O) groups is 1. The van der Waals surface area contributed by atoms with Crippen LogP contribution in [0.15, 0.2) is 53.4 Å². The van der Waals surface area contributed by atoms with E-state index in [2.05, 4.69) is 11.6 Å². The first-order valence-electron chi connectivity index (χ1n) is 8.84. The van der Waals surface area contributed by atoms with Crippen molar-refractivity contribution in [3.05, 3.63) is 59.7 Å². The van der Waals surface area contributed by atoms with E-state index in [0.717, 1.165) is 25.9 Å². The van der Waals surface area contributed by atoms with Gasteiger partial charge in [-0.2, -0.15) is 0 Å². The lowest BCUT2D eigenvalue weighted by molar-refractivity contribution is 0.0683. The van der Waals surface area contributed by atoms with Crippen molar-refractivity contribution in [3.8, 4) is 0 Å². The van der Waals surface area contributed by atoms with Gasteiger partial charge in [0.05, 0.1) is 4.90 Å². The highest BCUT2D eigenvalue weighted by molar-refractivity contribution is 7.92. The Kier molecular flexibility index (Phi) is 5.32. The highest BCUT2D eigenvalue weighted by Crippen LogP contribution is 2.23. The zero-order chi connectivity index (χ0) is 18.7. The maximum atomic E-state index is 12.8. The summed E-state index contributed by atoms with van der Waals surface area (Å²) in [6.45, 7) is 5.31. The average Bonchev–Trinajstić information content (AvgIpc) is 2.62. The van der Waals surface area contributed by atoms with Crippen LogP contribution in [0.4, 0.5) is 5.69 Å². The Morgan fingerprint density at radius 3 is 2.58 bits per heavy atom. The lowest BCUT2D eigenvalue weighted by Crippen LogP contribution is -2.39. The first-order chi connectivity index (χ1) is 12.4. The smallest absolute Gasteiger partial charge is 0.262 e. The Hall–Kier alpha value is -2.34. The van der Waals surface area contributed by atoms with Crippen LogP contribution in [0.3, 0.4) is 0 Å². The Bertz CT molecular complexity index is 895. The number of hydrogen-bond acceptors (Lipinski definition) is 3. The molecule has 1 fully saturated rings. The number of nitrogens with zero attached hydrogens (tertiary/aromatic N) is 1. The summed E-state index contributed by atoms with van der Waals surface area (Å²) >= 11 is 0. The van der Waals surface area contributed by atoms with Crippen LogP contribution in [0.25, 0.3) is 0 Å². The highest BCUT2D eigenvalue weighted by Gasteiger charge is 2.24. The molecule has 0 radical (unpaired) electrons. The lowest BCUT2D eigenvalue weighted by Gasteiger charge is -2.31. The molecule has 0 saturated carbocycles. The van der Waals surface area contributed by atoms with Crippen molar-refractivity contribution < 1.29 is 13.2 Å². The van der Waals surface area contributed by atoms with Gasteiger partial charge < -0.3 is 4.90 Å². The van der Waals surface area contributed by atoms with E-state index in [1.54, 1.807) is 43.3 Å². The Balaban J connectivity index is 1.88. The number of likely N-dealkylation sites (tertiary alicyclic amines) is 1. The Labute approximate surface area is 155 Å². The van der Waals surface area contributed by atoms with Gasteiger partial charge in [-0.25, -0.2) is 8.42 Å². The fraction of sp³-hybridized carbons (Fsp3) is 0.350. The average molecular weight is 372 g/mol. The molecule has 1 saturated heterocycles. The maximum absolute atomic E-state index is 12.8. The van der Waals surface area contributed by atoms with Gasteiger partial charge in [0.1, 0.15) is 0 Å². The first kappa shape index (κ1) is 18.5. The van der Waals surface area contributed by atoms with Crippen molar-refractivity contribution >= 4 is 21.6 Å². The van der Waals surface area contributed by atoms with Crippen LogP contribution in [0.2, 0.25) is 0 Å². The quantitative estimate of drug-likeness (QED) is 0.890. The number of para-hydroxylation sites is 1. The number of anilines is 1.